The maximum atomic E-state index is 13.5. The number of nitrogens with zero attached hydrogens (tertiary/aromatic N) is 3. The van der Waals surface area contributed by atoms with Gasteiger partial charge in [0.25, 0.3) is 5.91 Å². The van der Waals surface area contributed by atoms with E-state index in [1.54, 1.807) is 11.2 Å². The fourth-order valence-electron chi connectivity index (χ4n) is 4.88. The molecule has 1 aromatic heterocycles. The van der Waals surface area contributed by atoms with Gasteiger partial charge < -0.3 is 14.2 Å². The van der Waals surface area contributed by atoms with E-state index >= 15 is 0 Å². The molecule has 31 heavy (non-hydrogen) atoms. The Bertz CT molecular complexity index is 887. The van der Waals surface area contributed by atoms with Crippen LogP contribution in [0.25, 0.3) is 0 Å². The molecule has 7 heteroatoms. The predicted molar refractivity (Wildman–Crippen MR) is 123 cm³/mol. The van der Waals surface area contributed by atoms with Crippen molar-refractivity contribution >= 4 is 27.7 Å². The van der Waals surface area contributed by atoms with Crippen LogP contribution in [0.15, 0.2) is 51.6 Å². The summed E-state index contributed by atoms with van der Waals surface area (Å²) in [4.78, 5) is 32.4. The van der Waals surface area contributed by atoms with Gasteiger partial charge in [0.1, 0.15) is 5.76 Å². The first-order valence-corrected chi connectivity index (χ1v) is 11.9. The third-order valence-electron chi connectivity index (χ3n) is 6.52. The monoisotopic (exact) mass is 487 g/mol. The number of carbonyl (C=O) groups is 2. The number of hydrogen-bond acceptors (Lipinski definition) is 4. The number of furan rings is 1. The minimum Gasteiger partial charge on any atom is -0.467 e. The van der Waals surface area contributed by atoms with Crippen LogP contribution in [-0.2, 0) is 11.3 Å². The van der Waals surface area contributed by atoms with E-state index in [4.69, 9.17) is 4.42 Å². The highest BCUT2D eigenvalue weighted by Gasteiger charge is 2.38. The molecule has 2 heterocycles. The highest BCUT2D eigenvalue weighted by molar-refractivity contribution is 9.10. The van der Waals surface area contributed by atoms with Gasteiger partial charge >= 0.3 is 0 Å². The smallest absolute Gasteiger partial charge is 0.253 e. The molecule has 2 amide bonds. The van der Waals surface area contributed by atoms with Gasteiger partial charge in [-0.15, -0.1) is 0 Å². The Balaban J connectivity index is 1.42. The number of piperazine rings is 1. The van der Waals surface area contributed by atoms with Gasteiger partial charge in [0.15, 0.2) is 0 Å². The number of likely N-dealkylation sites (N-methyl/N-ethyl adjacent to an activating group) is 1. The number of benzene rings is 1. The molecule has 0 spiro atoms. The van der Waals surface area contributed by atoms with Gasteiger partial charge in [0, 0.05) is 43.3 Å². The van der Waals surface area contributed by atoms with Crippen molar-refractivity contribution in [2.24, 2.45) is 5.92 Å². The Labute approximate surface area is 192 Å². The van der Waals surface area contributed by atoms with Crippen LogP contribution in [0.1, 0.15) is 41.8 Å². The molecule has 0 radical (unpaired) electrons. The average molecular weight is 488 g/mol. The van der Waals surface area contributed by atoms with Gasteiger partial charge in [-0.2, -0.15) is 0 Å². The molecule has 166 valence electrons. The van der Waals surface area contributed by atoms with Crippen LogP contribution in [0.5, 0.6) is 0 Å². The van der Waals surface area contributed by atoms with Crippen LogP contribution in [0.3, 0.4) is 0 Å². The second-order valence-electron chi connectivity index (χ2n) is 8.60. The van der Waals surface area contributed by atoms with Crippen molar-refractivity contribution in [1.29, 1.82) is 0 Å². The molecule has 2 fully saturated rings. The summed E-state index contributed by atoms with van der Waals surface area (Å²) in [6.45, 7) is 3.21. The lowest BCUT2D eigenvalue weighted by Gasteiger charge is -2.42. The number of carbonyl (C=O) groups excluding carboxylic acids is 2. The molecule has 1 aromatic carbocycles. The van der Waals surface area contributed by atoms with Crippen LogP contribution in [0.4, 0.5) is 0 Å². The molecule has 1 saturated carbocycles. The summed E-state index contributed by atoms with van der Waals surface area (Å²) < 4.78 is 6.35. The van der Waals surface area contributed by atoms with Crippen molar-refractivity contribution in [3.05, 3.63) is 58.5 Å². The standard InChI is InChI=1S/C24H30BrN3O3/c1-26(17-21-10-5-15-31-21)24(30)22(18-6-2-3-7-18)27-11-13-28(14-12-27)23(29)19-8-4-9-20(25)16-19/h4-5,8-10,15-16,18,22H,2-3,6-7,11-14,17H2,1H3/t22-/m1/s1. The molecule has 0 bridgehead atoms. The predicted octanol–water partition coefficient (Wildman–Crippen LogP) is 4.02. The molecular formula is C24H30BrN3O3. The van der Waals surface area contributed by atoms with Crippen molar-refractivity contribution in [3.63, 3.8) is 0 Å². The van der Waals surface area contributed by atoms with Crippen molar-refractivity contribution in [3.8, 4) is 0 Å². The third kappa shape index (κ3) is 5.21. The van der Waals surface area contributed by atoms with Crippen LogP contribution in [0.2, 0.25) is 0 Å². The third-order valence-corrected chi connectivity index (χ3v) is 7.01. The minimum absolute atomic E-state index is 0.0552. The zero-order valence-corrected chi connectivity index (χ0v) is 19.6. The highest BCUT2D eigenvalue weighted by atomic mass is 79.9. The topological polar surface area (TPSA) is 57.0 Å². The lowest BCUT2D eigenvalue weighted by molar-refractivity contribution is -0.139. The fraction of sp³-hybridized carbons (Fsp3) is 0.500. The van der Waals surface area contributed by atoms with Crippen LogP contribution < -0.4 is 0 Å². The first-order valence-electron chi connectivity index (χ1n) is 11.1. The first-order chi connectivity index (χ1) is 15.0. The van der Waals surface area contributed by atoms with E-state index in [0.717, 1.165) is 36.2 Å². The Morgan fingerprint density at radius 1 is 1.13 bits per heavy atom. The van der Waals surface area contributed by atoms with Gasteiger partial charge in [-0.3, -0.25) is 14.5 Å². The summed E-state index contributed by atoms with van der Waals surface area (Å²) in [6.07, 6.45) is 6.23. The highest BCUT2D eigenvalue weighted by Crippen LogP contribution is 2.32. The van der Waals surface area contributed by atoms with Crippen molar-refractivity contribution in [1.82, 2.24) is 14.7 Å². The zero-order valence-electron chi connectivity index (χ0n) is 18.0. The van der Waals surface area contributed by atoms with Gasteiger partial charge in [-0.25, -0.2) is 0 Å². The maximum Gasteiger partial charge on any atom is 0.253 e. The Kier molecular flexibility index (Phi) is 7.13. The minimum atomic E-state index is -0.120. The van der Waals surface area contributed by atoms with E-state index < -0.39 is 0 Å². The Morgan fingerprint density at radius 2 is 1.87 bits per heavy atom. The summed E-state index contributed by atoms with van der Waals surface area (Å²) in [7, 11) is 1.86. The molecule has 6 nitrogen and oxygen atoms in total. The van der Waals surface area contributed by atoms with Crippen molar-refractivity contribution in [2.45, 2.75) is 38.3 Å². The van der Waals surface area contributed by atoms with E-state index in [-0.39, 0.29) is 17.9 Å². The molecule has 2 aliphatic rings. The molecule has 4 rings (SSSR count). The second kappa shape index (κ2) is 10.0. The summed E-state index contributed by atoms with van der Waals surface area (Å²) >= 11 is 3.44. The normalized spacial score (nSPS) is 18.8. The molecule has 1 aliphatic carbocycles. The Morgan fingerprint density at radius 3 is 2.52 bits per heavy atom. The average Bonchev–Trinajstić information content (AvgIpc) is 3.48. The summed E-state index contributed by atoms with van der Waals surface area (Å²) in [6, 6.07) is 11.2. The fourth-order valence-corrected chi connectivity index (χ4v) is 5.28. The van der Waals surface area contributed by atoms with Crippen LogP contribution in [-0.4, -0.2) is 65.8 Å². The van der Waals surface area contributed by atoms with E-state index in [2.05, 4.69) is 20.8 Å². The second-order valence-corrected chi connectivity index (χ2v) is 9.52. The number of hydrogen-bond donors (Lipinski definition) is 0. The number of halogens is 1. The largest absolute Gasteiger partial charge is 0.467 e. The van der Waals surface area contributed by atoms with E-state index in [9.17, 15) is 9.59 Å². The van der Waals surface area contributed by atoms with E-state index in [1.807, 2.05) is 48.3 Å². The lowest BCUT2D eigenvalue weighted by Crippen LogP contribution is -2.58. The molecule has 2 aromatic rings. The molecule has 0 N–H and O–H groups in total. The number of rotatable bonds is 6. The first kappa shape index (κ1) is 22.1. The van der Waals surface area contributed by atoms with Crippen LogP contribution in [0, 0.1) is 5.92 Å². The van der Waals surface area contributed by atoms with Crippen molar-refractivity contribution in [2.75, 3.05) is 33.2 Å². The van der Waals surface area contributed by atoms with Gasteiger partial charge in [0.05, 0.1) is 18.8 Å². The summed E-state index contributed by atoms with van der Waals surface area (Å²) in [5.41, 5.74) is 0.699. The summed E-state index contributed by atoms with van der Waals surface area (Å²) in [5.74, 6) is 1.40. The SMILES string of the molecule is CN(Cc1ccco1)C(=O)[C@@H](C1CCCC1)N1CCN(C(=O)c2cccc(Br)c2)CC1. The van der Waals surface area contributed by atoms with E-state index in [0.29, 0.717) is 31.1 Å². The van der Waals surface area contributed by atoms with Gasteiger partial charge in [-0.05, 0) is 49.1 Å². The van der Waals surface area contributed by atoms with Crippen LogP contribution >= 0.6 is 15.9 Å². The molecular weight excluding hydrogens is 458 g/mol. The zero-order chi connectivity index (χ0) is 21.8. The molecule has 1 saturated heterocycles. The summed E-state index contributed by atoms with van der Waals surface area (Å²) in [5, 5.41) is 0. The maximum absolute atomic E-state index is 13.5. The molecule has 0 unspecified atom stereocenters. The lowest BCUT2D eigenvalue weighted by atomic mass is 9.94. The molecule has 1 aliphatic heterocycles. The van der Waals surface area contributed by atoms with Crippen molar-refractivity contribution < 1.29 is 14.0 Å². The van der Waals surface area contributed by atoms with Gasteiger partial charge in [0.2, 0.25) is 5.91 Å². The number of amides is 2. The molecule has 1 atom stereocenters. The Hall–Kier alpha value is -2.12. The quantitative estimate of drug-likeness (QED) is 0.617. The van der Waals surface area contributed by atoms with E-state index in [1.165, 1.54) is 12.8 Å². The van der Waals surface area contributed by atoms with Gasteiger partial charge in [-0.1, -0.05) is 34.8 Å².